The van der Waals surface area contributed by atoms with Gasteiger partial charge in [0.05, 0.1) is 23.6 Å². The quantitative estimate of drug-likeness (QED) is 0.336. The van der Waals surface area contributed by atoms with Gasteiger partial charge in [0.15, 0.2) is 10.8 Å². The highest BCUT2D eigenvalue weighted by Gasteiger charge is 2.19. The van der Waals surface area contributed by atoms with Crippen molar-refractivity contribution in [1.82, 2.24) is 15.0 Å². The molecule has 8 nitrogen and oxygen atoms in total. The van der Waals surface area contributed by atoms with E-state index in [4.69, 9.17) is 4.74 Å². The van der Waals surface area contributed by atoms with Crippen LogP contribution < -0.4 is 10.2 Å². The second-order valence-corrected chi connectivity index (χ2v) is 8.57. The number of esters is 1. The zero-order chi connectivity index (χ0) is 20.9. The second-order valence-electron chi connectivity index (χ2n) is 6.63. The number of anilines is 2. The average Bonchev–Trinajstić information content (AvgIpc) is 3.42. The summed E-state index contributed by atoms with van der Waals surface area (Å²) in [5, 5.41) is 4.48. The fourth-order valence-electron chi connectivity index (χ4n) is 3.17. The van der Waals surface area contributed by atoms with Gasteiger partial charge < -0.3 is 15.0 Å². The van der Waals surface area contributed by atoms with E-state index >= 15 is 0 Å². The van der Waals surface area contributed by atoms with Gasteiger partial charge in [-0.3, -0.25) is 4.79 Å². The number of amides is 1. The SMILES string of the molecule is CCOC(=O)c1ccccc1NC(=O)CSc1ncnc2nc(N3CCCC3)sc12. The largest absolute Gasteiger partial charge is 0.462 e. The molecule has 2 aromatic heterocycles. The summed E-state index contributed by atoms with van der Waals surface area (Å²) in [5.41, 5.74) is 1.43. The molecule has 0 unspecified atom stereocenters. The minimum Gasteiger partial charge on any atom is -0.462 e. The van der Waals surface area contributed by atoms with Crippen molar-refractivity contribution in [1.29, 1.82) is 0 Å². The monoisotopic (exact) mass is 443 g/mol. The lowest BCUT2D eigenvalue weighted by atomic mass is 10.2. The molecule has 1 aromatic carbocycles. The van der Waals surface area contributed by atoms with Crippen molar-refractivity contribution in [2.45, 2.75) is 24.8 Å². The number of carbonyl (C=O) groups excluding carboxylic acids is 2. The number of benzene rings is 1. The highest BCUT2D eigenvalue weighted by atomic mass is 32.2. The molecule has 0 atom stereocenters. The number of rotatable bonds is 7. The lowest BCUT2D eigenvalue weighted by molar-refractivity contribution is -0.113. The van der Waals surface area contributed by atoms with Crippen molar-refractivity contribution < 1.29 is 14.3 Å². The third-order valence-electron chi connectivity index (χ3n) is 4.56. The summed E-state index contributed by atoms with van der Waals surface area (Å²) in [5.74, 6) is -0.536. The lowest BCUT2D eigenvalue weighted by Gasteiger charge is -2.11. The van der Waals surface area contributed by atoms with E-state index in [0.717, 1.165) is 27.9 Å². The number of para-hydroxylation sites is 1. The van der Waals surface area contributed by atoms with Crippen LogP contribution in [-0.2, 0) is 9.53 Å². The summed E-state index contributed by atoms with van der Waals surface area (Å²) in [6.07, 6.45) is 3.83. The van der Waals surface area contributed by atoms with Crippen LogP contribution in [0.4, 0.5) is 10.8 Å². The van der Waals surface area contributed by atoms with E-state index in [2.05, 4.69) is 25.2 Å². The van der Waals surface area contributed by atoms with Gasteiger partial charge in [-0.05, 0) is 31.9 Å². The standard InChI is InChI=1S/C20H21N5O3S2/c1-2-28-19(27)13-7-3-4-8-14(13)23-15(26)11-29-18-16-17(21-12-22-18)24-20(30-16)25-9-5-6-10-25/h3-4,7-8,12H,2,5-6,9-11H2,1H3,(H,23,26). The normalized spacial score (nSPS) is 13.6. The van der Waals surface area contributed by atoms with Gasteiger partial charge in [0.2, 0.25) is 5.91 Å². The zero-order valence-corrected chi connectivity index (χ0v) is 18.1. The number of ether oxygens (including phenoxy) is 1. The number of nitrogens with zero attached hydrogens (tertiary/aromatic N) is 4. The van der Waals surface area contributed by atoms with Crippen LogP contribution in [0.25, 0.3) is 10.3 Å². The molecule has 1 aliphatic heterocycles. The van der Waals surface area contributed by atoms with Gasteiger partial charge in [-0.25, -0.2) is 14.8 Å². The van der Waals surface area contributed by atoms with Gasteiger partial charge >= 0.3 is 5.97 Å². The van der Waals surface area contributed by atoms with Crippen LogP contribution in [-0.4, -0.2) is 52.3 Å². The van der Waals surface area contributed by atoms with E-state index in [1.54, 1.807) is 42.5 Å². The van der Waals surface area contributed by atoms with Gasteiger partial charge in [0.25, 0.3) is 0 Å². The highest BCUT2D eigenvalue weighted by molar-refractivity contribution is 8.00. The molecule has 1 aliphatic rings. The van der Waals surface area contributed by atoms with E-state index in [-0.39, 0.29) is 18.3 Å². The molecule has 1 N–H and O–H groups in total. The molecule has 156 valence electrons. The van der Waals surface area contributed by atoms with Crippen molar-refractivity contribution in [3.8, 4) is 0 Å². The first kappa shape index (κ1) is 20.5. The van der Waals surface area contributed by atoms with Crippen molar-refractivity contribution in [3.63, 3.8) is 0 Å². The molecule has 3 aromatic rings. The average molecular weight is 444 g/mol. The van der Waals surface area contributed by atoms with Crippen LogP contribution in [0.5, 0.6) is 0 Å². The summed E-state index contributed by atoms with van der Waals surface area (Å²) in [7, 11) is 0. The Hall–Kier alpha value is -2.72. The number of thioether (sulfide) groups is 1. The molecule has 0 saturated carbocycles. The van der Waals surface area contributed by atoms with Crippen LogP contribution >= 0.6 is 23.1 Å². The van der Waals surface area contributed by atoms with Crippen molar-refractivity contribution in [2.24, 2.45) is 0 Å². The van der Waals surface area contributed by atoms with Gasteiger partial charge in [0, 0.05) is 13.1 Å². The molecule has 3 heterocycles. The predicted octanol–water partition coefficient (Wildman–Crippen LogP) is 3.59. The fourth-order valence-corrected chi connectivity index (χ4v) is 5.11. The summed E-state index contributed by atoms with van der Waals surface area (Å²) >= 11 is 2.89. The molecule has 4 rings (SSSR count). The van der Waals surface area contributed by atoms with E-state index in [9.17, 15) is 9.59 Å². The highest BCUT2D eigenvalue weighted by Crippen LogP contribution is 2.34. The van der Waals surface area contributed by atoms with Gasteiger partial charge in [-0.1, -0.05) is 35.2 Å². The third kappa shape index (κ3) is 4.54. The molecule has 0 aliphatic carbocycles. The molecular weight excluding hydrogens is 422 g/mol. The first-order chi connectivity index (χ1) is 14.7. The predicted molar refractivity (Wildman–Crippen MR) is 118 cm³/mol. The Morgan fingerprint density at radius 2 is 2.03 bits per heavy atom. The Bertz CT molecular complexity index is 1070. The number of thiazole rings is 1. The van der Waals surface area contributed by atoms with Gasteiger partial charge in [-0.2, -0.15) is 4.98 Å². The summed E-state index contributed by atoms with van der Waals surface area (Å²) < 4.78 is 5.94. The van der Waals surface area contributed by atoms with E-state index in [1.807, 2.05) is 0 Å². The Labute approximate surface area is 182 Å². The van der Waals surface area contributed by atoms with E-state index < -0.39 is 5.97 Å². The summed E-state index contributed by atoms with van der Waals surface area (Å²) in [6.45, 7) is 4.04. The molecule has 0 spiro atoms. The maximum Gasteiger partial charge on any atom is 0.340 e. The first-order valence-electron chi connectivity index (χ1n) is 9.71. The van der Waals surface area contributed by atoms with Crippen LogP contribution in [0, 0.1) is 0 Å². The van der Waals surface area contributed by atoms with Crippen LogP contribution in [0.15, 0.2) is 35.6 Å². The molecule has 1 amide bonds. The molecule has 0 radical (unpaired) electrons. The van der Waals surface area contributed by atoms with Crippen molar-refractivity contribution in [3.05, 3.63) is 36.2 Å². The summed E-state index contributed by atoms with van der Waals surface area (Å²) in [4.78, 5) is 40.1. The minimum absolute atomic E-state index is 0.153. The number of aromatic nitrogens is 3. The van der Waals surface area contributed by atoms with Crippen LogP contribution in [0.2, 0.25) is 0 Å². The third-order valence-corrected chi connectivity index (χ3v) is 6.79. The topological polar surface area (TPSA) is 97.3 Å². The molecule has 10 heteroatoms. The van der Waals surface area contributed by atoms with Crippen LogP contribution in [0.3, 0.4) is 0 Å². The Balaban J connectivity index is 1.44. The number of nitrogens with one attached hydrogen (secondary N) is 1. The molecular formula is C20H21N5O3S2. The molecule has 30 heavy (non-hydrogen) atoms. The first-order valence-corrected chi connectivity index (χ1v) is 11.5. The fraction of sp³-hybridized carbons (Fsp3) is 0.350. The van der Waals surface area contributed by atoms with Gasteiger partial charge in [-0.15, -0.1) is 0 Å². The second kappa shape index (κ2) is 9.40. The molecule has 1 fully saturated rings. The smallest absolute Gasteiger partial charge is 0.340 e. The van der Waals surface area contributed by atoms with Gasteiger partial charge in [0.1, 0.15) is 16.1 Å². The Kier molecular flexibility index (Phi) is 6.44. The molecule has 0 bridgehead atoms. The zero-order valence-electron chi connectivity index (χ0n) is 16.5. The maximum atomic E-state index is 12.5. The lowest BCUT2D eigenvalue weighted by Crippen LogP contribution is -2.17. The Morgan fingerprint density at radius 3 is 2.83 bits per heavy atom. The van der Waals surface area contributed by atoms with Crippen molar-refractivity contribution in [2.75, 3.05) is 35.7 Å². The number of carbonyl (C=O) groups is 2. The number of fused-ring (bicyclic) bond motifs is 1. The van der Waals surface area contributed by atoms with E-state index in [1.165, 1.54) is 30.9 Å². The maximum absolute atomic E-state index is 12.5. The van der Waals surface area contributed by atoms with Crippen LogP contribution in [0.1, 0.15) is 30.1 Å². The number of hydrogen-bond donors (Lipinski definition) is 1. The Morgan fingerprint density at radius 1 is 1.23 bits per heavy atom. The van der Waals surface area contributed by atoms with E-state index in [0.29, 0.717) is 16.9 Å². The molecule has 1 saturated heterocycles. The minimum atomic E-state index is -0.460. The number of hydrogen-bond acceptors (Lipinski definition) is 9. The van der Waals surface area contributed by atoms with Crippen molar-refractivity contribution >= 4 is 56.1 Å². The summed E-state index contributed by atoms with van der Waals surface area (Å²) in [6, 6.07) is 6.81.